The first-order valence-electron chi connectivity index (χ1n) is 4.24. The fourth-order valence-electron chi connectivity index (χ4n) is 1.08. The zero-order valence-corrected chi connectivity index (χ0v) is 7.61. The first-order chi connectivity index (χ1) is 7.27. The van der Waals surface area contributed by atoms with E-state index in [1.54, 1.807) is 12.1 Å². The van der Waals surface area contributed by atoms with E-state index < -0.39 is 11.7 Å². The maximum Gasteiger partial charge on any atom is 0.294 e. The minimum absolute atomic E-state index is 0.0400. The number of nitrogens with one attached hydrogen (secondary N) is 1. The number of hydrogen-bond donors (Lipinski definition) is 1. The third-order valence-corrected chi connectivity index (χ3v) is 1.78. The molecule has 0 radical (unpaired) electrons. The normalized spacial score (nSPS) is 9.93. The van der Waals surface area contributed by atoms with E-state index in [0.717, 1.165) is 0 Å². The van der Waals surface area contributed by atoms with Crippen molar-refractivity contribution in [2.75, 3.05) is 5.32 Å². The van der Waals surface area contributed by atoms with Gasteiger partial charge in [-0.2, -0.15) is 0 Å². The van der Waals surface area contributed by atoms with Crippen LogP contribution in [0.4, 0.5) is 10.1 Å². The minimum atomic E-state index is -0.530. The average Bonchev–Trinajstić information content (AvgIpc) is 2.74. The summed E-state index contributed by atoms with van der Waals surface area (Å²) in [5.41, 5.74) is 0.110. The number of hydrogen-bond acceptors (Lipinski definition) is 3. The predicted octanol–water partition coefficient (Wildman–Crippen LogP) is 2.07. The molecule has 1 amide bonds. The number of nitrogens with zero attached hydrogens (tertiary/aromatic N) is 1. The Hall–Kier alpha value is -2.17. The number of carbonyl (C=O) groups excluding carboxylic acids is 1. The number of amides is 1. The van der Waals surface area contributed by atoms with Gasteiger partial charge in [0.2, 0.25) is 5.76 Å². The summed E-state index contributed by atoms with van der Waals surface area (Å²) in [6.07, 6.45) is 1.34. The van der Waals surface area contributed by atoms with Crippen molar-refractivity contribution >= 4 is 11.6 Å². The molecule has 0 spiro atoms. The van der Waals surface area contributed by atoms with Gasteiger partial charge in [-0.25, -0.2) is 4.39 Å². The van der Waals surface area contributed by atoms with Gasteiger partial charge in [0, 0.05) is 6.07 Å². The lowest BCUT2D eigenvalue weighted by Gasteiger charge is -2.02. The van der Waals surface area contributed by atoms with Gasteiger partial charge in [-0.1, -0.05) is 17.3 Å². The van der Waals surface area contributed by atoms with Crippen LogP contribution in [0.2, 0.25) is 0 Å². The van der Waals surface area contributed by atoms with Gasteiger partial charge >= 0.3 is 0 Å². The molecule has 1 N–H and O–H groups in total. The Morgan fingerprint density at radius 2 is 2.13 bits per heavy atom. The largest absolute Gasteiger partial charge is 0.351 e. The highest BCUT2D eigenvalue weighted by molar-refractivity contribution is 6.02. The third kappa shape index (κ3) is 2.01. The molecule has 2 aromatic rings. The molecule has 2 rings (SSSR count). The van der Waals surface area contributed by atoms with Gasteiger partial charge in [-0.3, -0.25) is 4.79 Å². The second-order valence-electron chi connectivity index (χ2n) is 2.81. The number of para-hydroxylation sites is 1. The summed E-state index contributed by atoms with van der Waals surface area (Å²) in [5, 5.41) is 5.74. The van der Waals surface area contributed by atoms with Crippen LogP contribution in [0, 0.1) is 5.82 Å². The highest BCUT2D eigenvalue weighted by Crippen LogP contribution is 2.13. The van der Waals surface area contributed by atoms with Crippen LogP contribution in [-0.4, -0.2) is 11.1 Å². The van der Waals surface area contributed by atoms with E-state index in [9.17, 15) is 9.18 Å². The maximum absolute atomic E-state index is 13.1. The van der Waals surface area contributed by atoms with Crippen molar-refractivity contribution < 1.29 is 13.7 Å². The summed E-state index contributed by atoms with van der Waals surface area (Å²) >= 11 is 0. The molecule has 15 heavy (non-hydrogen) atoms. The molecule has 0 saturated carbocycles. The second-order valence-corrected chi connectivity index (χ2v) is 2.81. The summed E-state index contributed by atoms with van der Waals surface area (Å²) in [4.78, 5) is 11.4. The Balaban J connectivity index is 2.17. The summed E-state index contributed by atoms with van der Waals surface area (Å²) in [5.74, 6) is -0.985. The summed E-state index contributed by atoms with van der Waals surface area (Å²) in [6.45, 7) is 0. The number of aromatic nitrogens is 1. The third-order valence-electron chi connectivity index (χ3n) is 1.78. The summed E-state index contributed by atoms with van der Waals surface area (Å²) in [6, 6.07) is 7.29. The first-order valence-corrected chi connectivity index (χ1v) is 4.24. The lowest BCUT2D eigenvalue weighted by molar-refractivity contribution is 0.0987. The van der Waals surface area contributed by atoms with Gasteiger partial charge in [-0.15, -0.1) is 0 Å². The molecule has 1 heterocycles. The van der Waals surface area contributed by atoms with E-state index in [-0.39, 0.29) is 11.4 Å². The van der Waals surface area contributed by atoms with Crippen LogP contribution in [0.1, 0.15) is 10.6 Å². The van der Waals surface area contributed by atoms with Gasteiger partial charge in [0.25, 0.3) is 5.91 Å². The molecule has 0 aliphatic heterocycles. The monoisotopic (exact) mass is 206 g/mol. The standard InChI is InChI=1S/C10H7FN2O2/c11-7-3-1-2-4-8(7)13-10(14)9-5-6-12-15-9/h1-6H,(H,13,14). The molecule has 0 aliphatic rings. The molecular formula is C10H7FN2O2. The number of anilines is 1. The number of carbonyl (C=O) groups is 1. The van der Waals surface area contributed by atoms with Crippen LogP contribution in [0.3, 0.4) is 0 Å². The highest BCUT2D eigenvalue weighted by Gasteiger charge is 2.11. The predicted molar refractivity (Wildman–Crippen MR) is 50.9 cm³/mol. The molecule has 0 unspecified atom stereocenters. The zero-order valence-electron chi connectivity index (χ0n) is 7.61. The Morgan fingerprint density at radius 1 is 1.33 bits per heavy atom. The van der Waals surface area contributed by atoms with E-state index in [4.69, 9.17) is 0 Å². The molecule has 0 bridgehead atoms. The molecule has 0 aliphatic carbocycles. The SMILES string of the molecule is O=C(Nc1ccccc1F)c1ccno1. The molecule has 0 atom stereocenters. The molecule has 76 valence electrons. The van der Waals surface area contributed by atoms with Crippen LogP contribution in [0.5, 0.6) is 0 Å². The van der Waals surface area contributed by atoms with E-state index in [1.165, 1.54) is 24.4 Å². The first kappa shape index (κ1) is 9.39. The van der Waals surface area contributed by atoms with Crippen molar-refractivity contribution in [3.8, 4) is 0 Å². The summed E-state index contributed by atoms with van der Waals surface area (Å²) < 4.78 is 17.8. The Kier molecular flexibility index (Phi) is 2.45. The second kappa shape index (κ2) is 3.91. The summed E-state index contributed by atoms with van der Waals surface area (Å²) in [7, 11) is 0. The van der Waals surface area contributed by atoms with Crippen LogP contribution < -0.4 is 5.32 Å². The van der Waals surface area contributed by atoms with Gasteiger partial charge in [0.05, 0.1) is 11.9 Å². The fraction of sp³-hybridized carbons (Fsp3) is 0. The van der Waals surface area contributed by atoms with Crippen LogP contribution in [0.25, 0.3) is 0 Å². The van der Waals surface area contributed by atoms with Crippen molar-refractivity contribution in [3.63, 3.8) is 0 Å². The molecule has 5 heteroatoms. The Bertz CT molecular complexity index is 468. The smallest absolute Gasteiger partial charge is 0.294 e. The van der Waals surface area contributed by atoms with Gasteiger partial charge < -0.3 is 9.84 Å². The van der Waals surface area contributed by atoms with Crippen molar-refractivity contribution in [1.82, 2.24) is 5.16 Å². The van der Waals surface area contributed by atoms with Crippen LogP contribution >= 0.6 is 0 Å². The van der Waals surface area contributed by atoms with Gasteiger partial charge in [0.15, 0.2) is 0 Å². The lowest BCUT2D eigenvalue weighted by atomic mass is 10.3. The quantitative estimate of drug-likeness (QED) is 0.818. The average molecular weight is 206 g/mol. The highest BCUT2D eigenvalue weighted by atomic mass is 19.1. The molecule has 1 aromatic heterocycles. The van der Waals surface area contributed by atoms with E-state index in [1.807, 2.05) is 0 Å². The molecule has 0 saturated heterocycles. The molecule has 1 aromatic carbocycles. The van der Waals surface area contributed by atoms with Crippen molar-refractivity contribution in [1.29, 1.82) is 0 Å². The van der Waals surface area contributed by atoms with E-state index in [0.29, 0.717) is 0 Å². The fourth-order valence-corrected chi connectivity index (χ4v) is 1.08. The molecular weight excluding hydrogens is 199 g/mol. The van der Waals surface area contributed by atoms with Gasteiger partial charge in [-0.05, 0) is 12.1 Å². The lowest BCUT2D eigenvalue weighted by Crippen LogP contribution is -2.11. The zero-order chi connectivity index (χ0) is 10.7. The maximum atomic E-state index is 13.1. The topological polar surface area (TPSA) is 55.1 Å². The van der Waals surface area contributed by atoms with E-state index in [2.05, 4.69) is 15.0 Å². The number of benzene rings is 1. The van der Waals surface area contributed by atoms with Crippen LogP contribution in [0.15, 0.2) is 41.1 Å². The molecule has 0 fully saturated rings. The molecule has 4 nitrogen and oxygen atoms in total. The number of halogens is 1. The Morgan fingerprint density at radius 3 is 2.80 bits per heavy atom. The van der Waals surface area contributed by atoms with Crippen molar-refractivity contribution in [3.05, 3.63) is 48.1 Å². The number of rotatable bonds is 2. The van der Waals surface area contributed by atoms with Crippen molar-refractivity contribution in [2.24, 2.45) is 0 Å². The van der Waals surface area contributed by atoms with E-state index >= 15 is 0 Å². The van der Waals surface area contributed by atoms with Crippen LogP contribution in [-0.2, 0) is 0 Å². The Labute approximate surface area is 84.7 Å². The minimum Gasteiger partial charge on any atom is -0.351 e. The van der Waals surface area contributed by atoms with Crippen molar-refractivity contribution in [2.45, 2.75) is 0 Å². The van der Waals surface area contributed by atoms with Gasteiger partial charge in [0.1, 0.15) is 5.82 Å².